The summed E-state index contributed by atoms with van der Waals surface area (Å²) < 4.78 is 28.5. The van der Waals surface area contributed by atoms with Crippen LogP contribution in [0.15, 0.2) is 315 Å². The second kappa shape index (κ2) is 51.4. The average Bonchev–Trinajstić information content (AvgIpc) is 1.49. The Kier molecular flexibility index (Phi) is 41.4. The van der Waals surface area contributed by atoms with Crippen LogP contribution >= 0.6 is 331 Å². The molecule has 0 saturated carbocycles. The maximum Gasteiger partial charge on any atom is 0.194 e. The number of benzene rings is 12. The molecule has 139 heavy (non-hydrogen) atoms. The van der Waals surface area contributed by atoms with Gasteiger partial charge in [-0.1, -0.05) is 286 Å². The van der Waals surface area contributed by atoms with Crippen molar-refractivity contribution in [1.29, 1.82) is 0 Å². The van der Waals surface area contributed by atoms with E-state index in [2.05, 4.69) is 236 Å². The lowest BCUT2D eigenvalue weighted by Gasteiger charge is -2.55. The zero-order valence-corrected chi connectivity index (χ0v) is 113. The molecule has 16 aromatic rings. The number of allylic oxidation sites excluding steroid dienone is 1. The topological polar surface area (TPSA) is 131 Å². The van der Waals surface area contributed by atoms with Crippen molar-refractivity contribution in [3.63, 3.8) is 0 Å². The van der Waals surface area contributed by atoms with Crippen molar-refractivity contribution in [2.24, 2.45) is 0 Å². The molecule has 706 valence electrons. The summed E-state index contributed by atoms with van der Waals surface area (Å²) in [5, 5.41) is 2.25. The normalized spacial score (nSPS) is 15.0. The number of rotatable bonds is 24. The first kappa shape index (κ1) is 112. The maximum atomic E-state index is 13.0. The van der Waals surface area contributed by atoms with E-state index in [0.717, 1.165) is 119 Å². The number of nitrogens with zero attached hydrogens (tertiary/aromatic N) is 6. The van der Waals surface area contributed by atoms with Gasteiger partial charge in [-0.15, -0.1) is 192 Å². The van der Waals surface area contributed by atoms with Crippen LogP contribution in [0, 0.1) is 0 Å². The van der Waals surface area contributed by atoms with Crippen LogP contribution in [0.1, 0.15) is 43.1 Å². The van der Waals surface area contributed by atoms with Crippen molar-refractivity contribution in [3.8, 4) is 114 Å². The molecule has 0 amide bonds. The van der Waals surface area contributed by atoms with E-state index in [1.165, 1.54) is 15.0 Å². The van der Waals surface area contributed by atoms with Crippen LogP contribution in [0.25, 0.3) is 122 Å². The SMILES string of the molecule is Clc1sc2ccccc2c1C1=COc2ccccc2O1.O=C1c2ccccc2-c2c1cccc2-c1nc(-c2ccccc2)nc(-c2ccccc2)n1.PPP(P(P)P)P(P(P(P)P)P(P)P)P(P(P(P)P)P(P)P)P(P(P(P)P)P(P)P)P(P(P)P)P(P)P.c1ccc(-c2nc(-c3ccccc3)nc(-c3cccc4c3-c3ccccc3C43C4=C(Oc5ccccc5O4)c4c3sc3ccccc43)n2)cc1. The fourth-order valence-corrected chi connectivity index (χ4v) is 522. The van der Waals surface area contributed by atoms with Crippen molar-refractivity contribution in [2.75, 3.05) is 0 Å². The molecule has 0 N–H and O–H groups in total. The highest BCUT2D eigenvalue weighted by atomic mass is 35.5. The van der Waals surface area contributed by atoms with E-state index < -0.39 is 5.41 Å². The number of aromatic nitrogens is 6. The Morgan fingerprint density at radius 3 is 1.12 bits per heavy atom. The molecule has 3 aliphatic carbocycles. The number of hydrogen-bond donors (Lipinski definition) is 0. The summed E-state index contributed by atoms with van der Waals surface area (Å²) in [6.45, 7) is -0.916. The first-order valence-corrected chi connectivity index (χ1v) is 110. The quantitative estimate of drug-likeness (QED) is 0.0536. The fraction of sp³-hybridized carbons (Fsp3) is 0.0114. The van der Waals surface area contributed by atoms with E-state index in [1.54, 1.807) is 17.6 Å². The van der Waals surface area contributed by atoms with Gasteiger partial charge in [0.1, 0.15) is 16.0 Å². The number of carbonyl (C=O) groups excluding carboxylic acids is 1. The van der Waals surface area contributed by atoms with E-state index in [-0.39, 0.29) is 125 Å². The van der Waals surface area contributed by atoms with Crippen molar-refractivity contribution < 1.29 is 23.7 Å². The summed E-state index contributed by atoms with van der Waals surface area (Å²) in [4.78, 5) is 43.9. The number of para-hydroxylation sites is 4. The number of ketones is 1. The molecule has 0 radical (unpaired) electrons. The van der Waals surface area contributed by atoms with Crippen molar-refractivity contribution in [1.82, 2.24) is 29.9 Å². The molecule has 21 rings (SSSR count). The standard InChI is InChI=1S/C44H25N3O2S.C28H17N3O.C16H9ClO2S.H39P37/c1-3-14-26(15-4-1)41-45-42(27-16-5-2-6-17-27)47-43(46-41)30-20-13-22-32-36(30)28-18-7-9-21-31(28)44(32)39-38(48-33-23-10-11-24-34(33)49-39)37-29-19-8-12-25-35(29)50-40(37)44;32-25-21-15-8-7-14-20(21)24-22(25)16-9-17-23(24)28-30-26(18-10-3-1-4-11-18)29-27(31-28)19-12-5-2-6-13-19;17-16-15(10-5-1-4-8-14(10)20-16)13-9-18-11-6-2-3-7-12(11)19-13;1-20-30(21(2)3)35(31(22(4)5)23(6)7)37(34(28(16)17)29(18)19)36(32(24(8)9)25(10)11)33(26(12)13)27(14)15/h1-25H;1-17H;1-9H;20H,1-19H2. The third-order valence-corrected chi connectivity index (χ3v) is 274. The Balaban J connectivity index is 0.000000129. The van der Waals surface area contributed by atoms with Crippen LogP contribution in [0.4, 0.5) is 0 Å². The molecule has 6 heterocycles. The van der Waals surface area contributed by atoms with Gasteiger partial charge in [0, 0.05) is 80.7 Å². The predicted molar refractivity (Wildman–Crippen MR) is 716 cm³/mol. The highest BCUT2D eigenvalue weighted by Gasteiger charge is 2.60. The molecule has 0 saturated heterocycles. The Bertz CT molecular complexity index is 7120. The van der Waals surface area contributed by atoms with Crippen LogP contribution in [0.5, 0.6) is 23.0 Å². The molecular weight excluding hydrogens is 2470 g/mol. The number of thiophene rings is 2. The molecule has 5 aliphatic rings. The molecule has 24 atom stereocenters. The molecule has 1 spiro atoms. The Hall–Kier alpha value is 3.13. The van der Waals surface area contributed by atoms with Crippen LogP contribution in [0.3, 0.4) is 0 Å². The molecule has 0 fully saturated rings. The van der Waals surface area contributed by atoms with E-state index in [1.807, 2.05) is 248 Å². The maximum absolute atomic E-state index is 13.0. The van der Waals surface area contributed by atoms with Crippen LogP contribution in [0.2, 0.25) is 4.34 Å². The molecule has 11 nitrogen and oxygen atoms in total. The van der Waals surface area contributed by atoms with Crippen molar-refractivity contribution >= 4 is 368 Å². The van der Waals surface area contributed by atoms with Crippen molar-refractivity contribution in [3.05, 3.63) is 358 Å². The van der Waals surface area contributed by atoms with Gasteiger partial charge < -0.3 is 18.9 Å². The van der Waals surface area contributed by atoms with Crippen LogP contribution in [-0.2, 0) is 5.41 Å². The third-order valence-electron chi connectivity index (χ3n) is 22.0. The Morgan fingerprint density at radius 1 is 0.295 bits per heavy atom. The van der Waals surface area contributed by atoms with Crippen LogP contribution < -0.4 is 18.9 Å². The minimum absolute atomic E-state index is 0.00189. The van der Waals surface area contributed by atoms with Gasteiger partial charge >= 0.3 is 0 Å². The first-order chi connectivity index (χ1) is 67.2. The molecule has 0 bridgehead atoms. The summed E-state index contributed by atoms with van der Waals surface area (Å²) in [6.07, 6.45) is 1.61. The first-order valence-electron chi connectivity index (χ1n) is 41.6. The lowest BCUT2D eigenvalue weighted by atomic mass is 9.76. The van der Waals surface area contributed by atoms with Gasteiger partial charge in [-0.3, -0.25) is 4.79 Å². The Labute approximate surface area is 889 Å². The summed E-state index contributed by atoms with van der Waals surface area (Å²) >= 11 is 9.73. The zero-order chi connectivity index (χ0) is 97.4. The monoisotopic (exact) mass is 2560 g/mol. The largest absolute Gasteiger partial charge is 0.457 e. The summed E-state index contributed by atoms with van der Waals surface area (Å²) in [5.74, 6) is 8.76. The van der Waals surface area contributed by atoms with E-state index >= 15 is 0 Å². The smallest absolute Gasteiger partial charge is 0.194 e. The van der Waals surface area contributed by atoms with E-state index in [0.29, 0.717) is 67.9 Å². The lowest BCUT2D eigenvalue weighted by molar-refractivity contribution is 0.104. The van der Waals surface area contributed by atoms with Gasteiger partial charge in [-0.25, -0.2) is 29.9 Å². The van der Waals surface area contributed by atoms with Crippen LogP contribution in [-0.4, -0.2) is 35.7 Å². The molecule has 12 aromatic carbocycles. The zero-order valence-electron chi connectivity index (χ0n) is 72.9. The second-order valence-electron chi connectivity index (χ2n) is 30.4. The fourth-order valence-electron chi connectivity index (χ4n) is 16.4. The summed E-state index contributed by atoms with van der Waals surface area (Å²) in [7, 11) is 64.9. The molecular formula is C88H90ClN6O5P37S2. The number of hydrogen-bond acceptors (Lipinski definition) is 13. The van der Waals surface area contributed by atoms with Gasteiger partial charge in [-0.05, 0) is 183 Å². The summed E-state index contributed by atoms with van der Waals surface area (Å²) in [5.41, 5.74) is 14.4. The predicted octanol–water partition coefficient (Wildman–Crippen LogP) is 43.4. The van der Waals surface area contributed by atoms with Gasteiger partial charge in [0.2, 0.25) is 0 Å². The molecule has 4 aromatic heterocycles. The lowest BCUT2D eigenvalue weighted by Crippen LogP contribution is -2.30. The second-order valence-corrected chi connectivity index (χ2v) is 182. The average molecular weight is 2560 g/mol. The van der Waals surface area contributed by atoms with Crippen molar-refractivity contribution in [2.45, 2.75) is 5.41 Å². The molecule has 51 heteroatoms. The molecule has 24 unspecified atom stereocenters. The number of ether oxygens (including phenoxy) is 4. The number of fused-ring (bicyclic) bond motifs is 17. The van der Waals surface area contributed by atoms with Gasteiger partial charge in [0.25, 0.3) is 0 Å². The minimum Gasteiger partial charge on any atom is -0.457 e. The van der Waals surface area contributed by atoms with E-state index in [9.17, 15) is 4.79 Å². The highest BCUT2D eigenvalue weighted by Crippen LogP contribution is 3.41. The number of carbonyl (C=O) groups is 1. The molecule has 2 aliphatic heterocycles. The van der Waals surface area contributed by atoms with E-state index in [4.69, 9.17) is 60.5 Å². The summed E-state index contributed by atoms with van der Waals surface area (Å²) in [6, 6.07) is 101. The van der Waals surface area contributed by atoms with Gasteiger partial charge in [0.15, 0.2) is 81.0 Å². The third kappa shape index (κ3) is 24.2. The van der Waals surface area contributed by atoms with Gasteiger partial charge in [0.05, 0.1) is 5.56 Å². The number of halogens is 1. The minimum atomic E-state index is -0.735. The van der Waals surface area contributed by atoms with Gasteiger partial charge in [-0.2, -0.15) is 0 Å². The highest BCUT2D eigenvalue weighted by molar-refractivity contribution is 9.47. The Morgan fingerprint density at radius 2 is 0.647 bits per heavy atom.